The number of thiophene rings is 1. The lowest BCUT2D eigenvalue weighted by molar-refractivity contribution is -0.385. The molecule has 1 heterocycles. The van der Waals surface area contributed by atoms with Crippen LogP contribution in [0.5, 0.6) is 0 Å². The van der Waals surface area contributed by atoms with Crippen LogP contribution in [0.15, 0.2) is 59.1 Å². The molecule has 0 spiro atoms. The monoisotopic (exact) mass is 425 g/mol. The Morgan fingerprint density at radius 1 is 0.923 bits per heavy atom. The lowest BCUT2D eigenvalue weighted by Gasteiger charge is -2.05. The maximum absolute atomic E-state index is 11.2. The molecule has 0 aliphatic carbocycles. The topological polar surface area (TPSA) is 43.1 Å². The Morgan fingerprint density at radius 2 is 1.65 bits per heavy atom. The van der Waals surface area contributed by atoms with Crippen molar-refractivity contribution in [2.45, 2.75) is 19.8 Å². The summed E-state index contributed by atoms with van der Waals surface area (Å²) in [6, 6.07) is 18.2. The van der Waals surface area contributed by atoms with Crippen LogP contribution in [-0.4, -0.2) is 4.92 Å². The molecule has 0 bridgehead atoms. The first-order chi connectivity index (χ1) is 12.4. The van der Waals surface area contributed by atoms with Crippen molar-refractivity contribution < 1.29 is 4.92 Å². The van der Waals surface area contributed by atoms with Gasteiger partial charge in [0.25, 0.3) is 5.69 Å². The fraction of sp³-hybridized carbons (Fsp3) is 0.143. The van der Waals surface area contributed by atoms with Crippen LogP contribution in [0.2, 0.25) is 0 Å². The van der Waals surface area contributed by atoms with Crippen LogP contribution in [0.1, 0.15) is 25.3 Å². The Balaban J connectivity index is 1.87. The van der Waals surface area contributed by atoms with E-state index in [9.17, 15) is 10.1 Å². The lowest BCUT2D eigenvalue weighted by Crippen LogP contribution is -1.90. The summed E-state index contributed by atoms with van der Waals surface area (Å²) >= 11 is 5.01. The molecule has 0 fully saturated rings. The maximum Gasteiger partial charge on any atom is 0.284 e. The van der Waals surface area contributed by atoms with Crippen molar-refractivity contribution in [3.05, 3.63) is 74.7 Å². The second kappa shape index (κ2) is 6.49. The summed E-state index contributed by atoms with van der Waals surface area (Å²) in [5.41, 5.74) is 3.26. The highest BCUT2D eigenvalue weighted by Gasteiger charge is 2.14. The van der Waals surface area contributed by atoms with E-state index in [1.807, 2.05) is 12.1 Å². The molecule has 0 saturated carbocycles. The van der Waals surface area contributed by atoms with E-state index in [2.05, 4.69) is 60.1 Å². The molecule has 5 heteroatoms. The van der Waals surface area contributed by atoms with Gasteiger partial charge in [0.15, 0.2) is 0 Å². The number of nitrogens with zero attached hydrogens (tertiary/aromatic N) is 1. The van der Waals surface area contributed by atoms with Gasteiger partial charge < -0.3 is 0 Å². The first-order valence-electron chi connectivity index (χ1n) is 8.34. The summed E-state index contributed by atoms with van der Waals surface area (Å²) in [6.45, 7) is 4.41. The van der Waals surface area contributed by atoms with E-state index in [1.165, 1.54) is 25.7 Å². The fourth-order valence-corrected chi connectivity index (χ4v) is 4.68. The van der Waals surface area contributed by atoms with E-state index in [1.54, 1.807) is 23.5 Å². The van der Waals surface area contributed by atoms with E-state index in [0.717, 1.165) is 11.1 Å². The minimum absolute atomic E-state index is 0.0838. The zero-order valence-corrected chi connectivity index (χ0v) is 16.7. The quantitative estimate of drug-likeness (QED) is 0.251. The smallest absolute Gasteiger partial charge is 0.258 e. The Labute approximate surface area is 163 Å². The summed E-state index contributed by atoms with van der Waals surface area (Å²) in [5.74, 6) is 0.497. The second-order valence-electron chi connectivity index (χ2n) is 6.65. The number of halogens is 1. The molecule has 0 unspecified atom stereocenters. The molecule has 26 heavy (non-hydrogen) atoms. The molecule has 0 radical (unpaired) electrons. The van der Waals surface area contributed by atoms with E-state index < -0.39 is 0 Å². The minimum atomic E-state index is -0.362. The van der Waals surface area contributed by atoms with Crippen molar-refractivity contribution in [2.24, 2.45) is 0 Å². The van der Waals surface area contributed by atoms with Crippen LogP contribution in [-0.2, 0) is 0 Å². The first kappa shape index (κ1) is 17.2. The third-order valence-electron chi connectivity index (χ3n) is 4.64. The van der Waals surface area contributed by atoms with Gasteiger partial charge in [-0.15, -0.1) is 11.3 Å². The number of benzene rings is 3. The lowest BCUT2D eigenvalue weighted by atomic mass is 9.99. The van der Waals surface area contributed by atoms with Crippen LogP contribution in [0.25, 0.3) is 31.3 Å². The molecule has 0 saturated heterocycles. The van der Waals surface area contributed by atoms with Crippen molar-refractivity contribution in [1.29, 1.82) is 0 Å². The van der Waals surface area contributed by atoms with E-state index >= 15 is 0 Å². The van der Waals surface area contributed by atoms with Crippen molar-refractivity contribution in [2.75, 3.05) is 0 Å². The zero-order valence-electron chi connectivity index (χ0n) is 14.3. The van der Waals surface area contributed by atoms with Crippen molar-refractivity contribution in [3.63, 3.8) is 0 Å². The molecule has 0 atom stereocenters. The first-order valence-corrected chi connectivity index (χ1v) is 9.95. The Bertz CT molecular complexity index is 1160. The second-order valence-corrected chi connectivity index (χ2v) is 8.58. The number of nitro benzene ring substituents is 1. The summed E-state index contributed by atoms with van der Waals surface area (Å²) < 4.78 is 2.96. The Kier molecular flexibility index (Phi) is 4.29. The van der Waals surface area contributed by atoms with Gasteiger partial charge in [-0.1, -0.05) is 38.1 Å². The molecular weight excluding hydrogens is 410 g/mol. The summed E-state index contributed by atoms with van der Waals surface area (Å²) in [4.78, 5) is 10.8. The van der Waals surface area contributed by atoms with Gasteiger partial charge in [-0.2, -0.15) is 0 Å². The average molecular weight is 426 g/mol. The highest BCUT2D eigenvalue weighted by molar-refractivity contribution is 9.10. The van der Waals surface area contributed by atoms with E-state index in [0.29, 0.717) is 10.4 Å². The molecule has 0 aliphatic heterocycles. The average Bonchev–Trinajstić information content (AvgIpc) is 2.98. The highest BCUT2D eigenvalue weighted by Crippen LogP contribution is 2.38. The molecule has 1 aromatic heterocycles. The van der Waals surface area contributed by atoms with Crippen LogP contribution >= 0.6 is 27.3 Å². The molecule has 0 N–H and O–H groups in total. The minimum Gasteiger partial charge on any atom is -0.258 e. The Morgan fingerprint density at radius 3 is 2.38 bits per heavy atom. The van der Waals surface area contributed by atoms with Gasteiger partial charge in [0.05, 0.1) is 9.40 Å². The molecule has 130 valence electrons. The number of hydrogen-bond donors (Lipinski definition) is 0. The molecule has 3 nitrogen and oxygen atoms in total. The molecule has 4 rings (SSSR count). The van der Waals surface area contributed by atoms with Crippen molar-refractivity contribution in [3.8, 4) is 11.1 Å². The third kappa shape index (κ3) is 2.91. The number of hydrogen-bond acceptors (Lipinski definition) is 3. The van der Waals surface area contributed by atoms with Gasteiger partial charge in [-0.3, -0.25) is 10.1 Å². The predicted octanol–water partition coefficient (Wildman–Crippen LogP) is 7.52. The molecular formula is C21H16BrNO2S. The van der Waals surface area contributed by atoms with Gasteiger partial charge in [0.1, 0.15) is 0 Å². The third-order valence-corrected chi connectivity index (χ3v) is 6.44. The van der Waals surface area contributed by atoms with Crippen LogP contribution < -0.4 is 0 Å². The highest BCUT2D eigenvalue weighted by atomic mass is 79.9. The van der Waals surface area contributed by atoms with Crippen LogP contribution in [0, 0.1) is 10.1 Å². The summed E-state index contributed by atoms with van der Waals surface area (Å²) in [7, 11) is 0. The van der Waals surface area contributed by atoms with Gasteiger partial charge >= 0.3 is 0 Å². The SMILES string of the molecule is CC(C)c1ccc2sc3cc(-c4ccc(Br)c([N+](=O)[O-])c4)ccc3c2c1. The standard InChI is InChI=1S/C21H16BrNO2S/c1-12(2)13-5-8-20-17(9-13)16-6-3-15(11-21(16)26-20)14-4-7-18(22)19(10-14)23(24)25/h3-12H,1-2H3. The molecule has 0 aliphatic rings. The van der Waals surface area contributed by atoms with Crippen molar-refractivity contribution >= 4 is 53.1 Å². The number of fused-ring (bicyclic) bond motifs is 3. The maximum atomic E-state index is 11.2. The largest absolute Gasteiger partial charge is 0.284 e. The number of rotatable bonds is 3. The van der Waals surface area contributed by atoms with Gasteiger partial charge in [0.2, 0.25) is 0 Å². The zero-order chi connectivity index (χ0) is 18.4. The van der Waals surface area contributed by atoms with Gasteiger partial charge in [-0.25, -0.2) is 0 Å². The number of nitro groups is 1. The fourth-order valence-electron chi connectivity index (χ4n) is 3.17. The van der Waals surface area contributed by atoms with Crippen LogP contribution in [0.4, 0.5) is 5.69 Å². The van der Waals surface area contributed by atoms with E-state index in [4.69, 9.17) is 0 Å². The summed E-state index contributed by atoms with van der Waals surface area (Å²) in [6.07, 6.45) is 0. The van der Waals surface area contributed by atoms with Crippen molar-refractivity contribution in [1.82, 2.24) is 0 Å². The summed E-state index contributed by atoms with van der Waals surface area (Å²) in [5, 5.41) is 13.7. The normalized spacial score (nSPS) is 11.5. The van der Waals surface area contributed by atoms with E-state index in [-0.39, 0.29) is 10.6 Å². The van der Waals surface area contributed by atoms with Gasteiger partial charge in [-0.05, 0) is 62.8 Å². The van der Waals surface area contributed by atoms with Gasteiger partial charge in [0, 0.05) is 26.2 Å². The molecule has 0 amide bonds. The van der Waals surface area contributed by atoms with Crippen LogP contribution in [0.3, 0.4) is 0 Å². The molecule has 3 aromatic carbocycles. The predicted molar refractivity (Wildman–Crippen MR) is 113 cm³/mol. The Hall–Kier alpha value is -2.24. The molecule has 4 aromatic rings.